The van der Waals surface area contributed by atoms with E-state index >= 15 is 0 Å². The molecule has 0 aliphatic heterocycles. The monoisotopic (exact) mass is 255 g/mol. The van der Waals surface area contributed by atoms with Crippen molar-refractivity contribution >= 4 is 11.6 Å². The molecule has 0 spiro atoms. The first kappa shape index (κ1) is 11.5. The van der Waals surface area contributed by atoms with Crippen LogP contribution in [0.15, 0.2) is 27.9 Å². The molecule has 2 aromatic rings. The summed E-state index contributed by atoms with van der Waals surface area (Å²) in [6.45, 7) is 1.75. The van der Waals surface area contributed by atoms with Gasteiger partial charge in [0.05, 0.1) is 11.9 Å². The van der Waals surface area contributed by atoms with Crippen molar-refractivity contribution in [2.45, 2.75) is 6.92 Å². The Labute approximate surface area is 99.5 Å². The second-order valence-corrected chi connectivity index (χ2v) is 3.73. The highest BCUT2D eigenvalue weighted by molar-refractivity contribution is 6.29. The predicted molar refractivity (Wildman–Crippen MR) is 60.2 cm³/mol. The predicted octanol–water partition coefficient (Wildman–Crippen LogP) is 1.02. The van der Waals surface area contributed by atoms with E-state index in [0.717, 1.165) is 0 Å². The van der Waals surface area contributed by atoms with Gasteiger partial charge in [0.25, 0.3) is 5.56 Å². The zero-order chi connectivity index (χ0) is 12.6. The average molecular weight is 256 g/mol. The van der Waals surface area contributed by atoms with Crippen LogP contribution in [0.25, 0.3) is 5.69 Å². The number of nitrogens with one attached hydrogen (secondary N) is 1. The Morgan fingerprint density at radius 2 is 2.12 bits per heavy atom. The fraction of sp³-hybridized carbons (Fsp3) is 0.100. The highest BCUT2D eigenvalue weighted by Gasteiger charge is 2.13. The van der Waals surface area contributed by atoms with Gasteiger partial charge in [-0.2, -0.15) is 4.39 Å². The van der Waals surface area contributed by atoms with E-state index in [-0.39, 0.29) is 5.69 Å². The van der Waals surface area contributed by atoms with Gasteiger partial charge in [-0.15, -0.1) is 0 Å². The smallest absolute Gasteiger partial charge is 0.295 e. The van der Waals surface area contributed by atoms with E-state index in [1.54, 1.807) is 13.0 Å². The van der Waals surface area contributed by atoms with Crippen molar-refractivity contribution in [3.8, 4) is 5.69 Å². The number of halogens is 2. The lowest BCUT2D eigenvalue weighted by atomic mass is 10.3. The van der Waals surface area contributed by atoms with Crippen molar-refractivity contribution in [2.24, 2.45) is 0 Å². The standard InChI is InChI=1S/C10H7ClFN3O2/c1-5-2-3-6(4-13-5)15-9(16)7(12)8(11)14-10(15)17/h2-4H,1H3,(H,14,17). The Morgan fingerprint density at radius 3 is 2.71 bits per heavy atom. The van der Waals surface area contributed by atoms with Crippen LogP contribution in [0.1, 0.15) is 5.69 Å². The molecular formula is C10H7ClFN3O2. The van der Waals surface area contributed by atoms with Crippen molar-refractivity contribution in [3.63, 3.8) is 0 Å². The van der Waals surface area contributed by atoms with Gasteiger partial charge in [0, 0.05) is 5.69 Å². The van der Waals surface area contributed by atoms with Gasteiger partial charge in [-0.3, -0.25) is 14.8 Å². The van der Waals surface area contributed by atoms with Crippen LogP contribution in [-0.4, -0.2) is 14.5 Å². The number of hydrogen-bond acceptors (Lipinski definition) is 3. The molecule has 17 heavy (non-hydrogen) atoms. The number of hydrogen-bond donors (Lipinski definition) is 1. The average Bonchev–Trinajstić information content (AvgIpc) is 2.29. The van der Waals surface area contributed by atoms with Crippen LogP contribution in [0.3, 0.4) is 0 Å². The van der Waals surface area contributed by atoms with Crippen molar-refractivity contribution in [1.82, 2.24) is 14.5 Å². The quantitative estimate of drug-likeness (QED) is 0.774. The molecule has 0 aliphatic carbocycles. The van der Waals surface area contributed by atoms with Crippen molar-refractivity contribution in [1.29, 1.82) is 0 Å². The molecule has 5 nitrogen and oxygen atoms in total. The molecule has 0 bridgehead atoms. The van der Waals surface area contributed by atoms with Crippen LogP contribution in [0.2, 0.25) is 5.15 Å². The number of aryl methyl sites for hydroxylation is 1. The van der Waals surface area contributed by atoms with E-state index in [9.17, 15) is 14.0 Å². The van der Waals surface area contributed by atoms with Crippen LogP contribution >= 0.6 is 11.6 Å². The first-order valence-electron chi connectivity index (χ1n) is 4.64. The summed E-state index contributed by atoms with van der Waals surface area (Å²) in [4.78, 5) is 29.0. The molecule has 0 amide bonds. The lowest BCUT2D eigenvalue weighted by Crippen LogP contribution is -2.35. The topological polar surface area (TPSA) is 67.8 Å². The van der Waals surface area contributed by atoms with E-state index in [2.05, 4.69) is 4.98 Å². The molecule has 0 unspecified atom stereocenters. The number of aromatic nitrogens is 3. The Kier molecular flexibility index (Phi) is 2.81. The van der Waals surface area contributed by atoms with Crippen LogP contribution in [0, 0.1) is 12.7 Å². The van der Waals surface area contributed by atoms with Crippen molar-refractivity contribution in [2.75, 3.05) is 0 Å². The summed E-state index contributed by atoms with van der Waals surface area (Å²) in [5.74, 6) is -1.20. The normalized spacial score (nSPS) is 10.5. The summed E-state index contributed by atoms with van der Waals surface area (Å²) < 4.78 is 13.9. The molecule has 0 saturated carbocycles. The Balaban J connectivity index is 2.77. The van der Waals surface area contributed by atoms with Crippen molar-refractivity contribution in [3.05, 3.63) is 55.8 Å². The molecule has 7 heteroatoms. The highest BCUT2D eigenvalue weighted by atomic mass is 35.5. The first-order valence-corrected chi connectivity index (χ1v) is 5.02. The van der Waals surface area contributed by atoms with Gasteiger partial charge in [-0.1, -0.05) is 11.6 Å². The SMILES string of the molecule is Cc1ccc(-n2c(=O)[nH]c(Cl)c(F)c2=O)cn1. The Bertz CT molecular complexity index is 675. The number of nitrogens with zero attached hydrogens (tertiary/aromatic N) is 2. The molecular weight excluding hydrogens is 249 g/mol. The largest absolute Gasteiger partial charge is 0.334 e. The molecule has 0 saturated heterocycles. The Hall–Kier alpha value is -1.95. The third-order valence-corrected chi connectivity index (χ3v) is 2.42. The summed E-state index contributed by atoms with van der Waals surface area (Å²) in [6.07, 6.45) is 1.30. The molecule has 0 atom stereocenters. The second kappa shape index (κ2) is 4.14. The minimum atomic E-state index is -1.20. The molecule has 2 rings (SSSR count). The van der Waals surface area contributed by atoms with Gasteiger partial charge in [-0.05, 0) is 19.1 Å². The molecule has 1 N–H and O–H groups in total. The maximum absolute atomic E-state index is 13.3. The molecule has 0 radical (unpaired) electrons. The van der Waals surface area contributed by atoms with E-state index < -0.39 is 22.2 Å². The van der Waals surface area contributed by atoms with E-state index in [0.29, 0.717) is 10.3 Å². The molecule has 2 heterocycles. The first-order chi connectivity index (χ1) is 8.00. The Morgan fingerprint density at radius 1 is 1.41 bits per heavy atom. The van der Waals surface area contributed by atoms with Gasteiger partial charge < -0.3 is 0 Å². The van der Waals surface area contributed by atoms with Crippen molar-refractivity contribution < 1.29 is 4.39 Å². The summed E-state index contributed by atoms with van der Waals surface area (Å²) in [7, 11) is 0. The molecule has 0 fully saturated rings. The third kappa shape index (κ3) is 1.99. The van der Waals surface area contributed by atoms with Gasteiger partial charge in [0.2, 0.25) is 5.82 Å². The van der Waals surface area contributed by atoms with Crippen LogP contribution in [0.4, 0.5) is 4.39 Å². The summed E-state index contributed by atoms with van der Waals surface area (Å²) >= 11 is 5.34. The van der Waals surface area contributed by atoms with E-state index in [4.69, 9.17) is 11.6 Å². The van der Waals surface area contributed by atoms with Crippen LogP contribution < -0.4 is 11.2 Å². The molecule has 88 valence electrons. The minimum Gasteiger partial charge on any atom is -0.295 e. The molecule has 2 aromatic heterocycles. The fourth-order valence-corrected chi connectivity index (χ4v) is 1.48. The maximum Gasteiger partial charge on any atom is 0.334 e. The number of aromatic amines is 1. The fourth-order valence-electron chi connectivity index (χ4n) is 1.32. The lowest BCUT2D eigenvalue weighted by molar-refractivity contribution is 0.584. The number of rotatable bonds is 1. The summed E-state index contributed by atoms with van der Waals surface area (Å²) in [6, 6.07) is 3.10. The summed E-state index contributed by atoms with van der Waals surface area (Å²) in [5.41, 5.74) is -1.03. The maximum atomic E-state index is 13.3. The minimum absolute atomic E-state index is 0.178. The zero-order valence-electron chi connectivity index (χ0n) is 8.70. The van der Waals surface area contributed by atoms with Gasteiger partial charge in [0.1, 0.15) is 0 Å². The van der Waals surface area contributed by atoms with E-state index in [1.165, 1.54) is 12.3 Å². The molecule has 0 aromatic carbocycles. The van der Waals surface area contributed by atoms with Gasteiger partial charge >= 0.3 is 5.69 Å². The summed E-state index contributed by atoms with van der Waals surface area (Å²) in [5, 5.41) is -0.601. The number of H-pyrrole nitrogens is 1. The van der Waals surface area contributed by atoms with Crippen LogP contribution in [-0.2, 0) is 0 Å². The van der Waals surface area contributed by atoms with Gasteiger partial charge in [0.15, 0.2) is 5.15 Å². The second-order valence-electron chi connectivity index (χ2n) is 3.36. The highest BCUT2D eigenvalue weighted by Crippen LogP contribution is 2.06. The van der Waals surface area contributed by atoms with E-state index in [1.807, 2.05) is 4.98 Å². The lowest BCUT2D eigenvalue weighted by Gasteiger charge is -2.04. The number of pyridine rings is 1. The van der Waals surface area contributed by atoms with Crippen LogP contribution in [0.5, 0.6) is 0 Å². The van der Waals surface area contributed by atoms with Gasteiger partial charge in [-0.25, -0.2) is 9.36 Å². The molecule has 0 aliphatic rings. The third-order valence-electron chi connectivity index (χ3n) is 2.16. The zero-order valence-corrected chi connectivity index (χ0v) is 9.45.